The summed E-state index contributed by atoms with van der Waals surface area (Å²) in [5.41, 5.74) is 2.54. The van der Waals surface area contributed by atoms with Crippen LogP contribution in [0.15, 0.2) is 29.6 Å². The first kappa shape index (κ1) is 20.6. The molecule has 0 spiro atoms. The van der Waals surface area contributed by atoms with Crippen LogP contribution in [0.5, 0.6) is 0 Å². The summed E-state index contributed by atoms with van der Waals surface area (Å²) in [6, 6.07) is 8.16. The molecule has 2 heterocycles. The molecular weight excluding hydrogens is 368 g/mol. The van der Waals surface area contributed by atoms with Gasteiger partial charge in [-0.25, -0.2) is 4.98 Å². The normalized spacial score (nSPS) is 14.8. The molecule has 1 aromatic carbocycles. The van der Waals surface area contributed by atoms with Crippen molar-refractivity contribution in [1.82, 2.24) is 4.98 Å². The molecule has 0 saturated carbocycles. The lowest BCUT2D eigenvalue weighted by atomic mass is 9.94. The fourth-order valence-corrected chi connectivity index (χ4v) is 4.25. The van der Waals surface area contributed by atoms with Crippen molar-refractivity contribution in [2.45, 2.75) is 46.6 Å². The van der Waals surface area contributed by atoms with Crippen molar-refractivity contribution in [2.24, 2.45) is 5.41 Å². The molecule has 0 radical (unpaired) electrons. The Morgan fingerprint density at radius 2 is 1.68 bits per heavy atom. The zero-order valence-electron chi connectivity index (χ0n) is 17.7. The van der Waals surface area contributed by atoms with E-state index in [1.165, 1.54) is 19.3 Å². The number of hydrogen-bond acceptors (Lipinski definition) is 5. The summed E-state index contributed by atoms with van der Waals surface area (Å²) in [7, 11) is 4.04. The Kier molecular flexibility index (Phi) is 6.28. The molecule has 2 aromatic rings. The first-order chi connectivity index (χ1) is 13.3. The number of amides is 1. The van der Waals surface area contributed by atoms with Crippen molar-refractivity contribution in [3.05, 3.63) is 35.3 Å². The number of carbonyl (C=O) groups is 1. The van der Waals surface area contributed by atoms with Gasteiger partial charge in [-0.2, -0.15) is 0 Å². The summed E-state index contributed by atoms with van der Waals surface area (Å²) in [6.07, 6.45) is 3.79. The topological polar surface area (TPSA) is 39.7 Å². The maximum absolute atomic E-state index is 13.2. The highest BCUT2D eigenvalue weighted by Crippen LogP contribution is 2.29. The average molecular weight is 401 g/mol. The third-order valence-corrected chi connectivity index (χ3v) is 6.00. The van der Waals surface area contributed by atoms with Crippen LogP contribution in [-0.2, 0) is 11.3 Å². The second-order valence-electron chi connectivity index (χ2n) is 8.72. The summed E-state index contributed by atoms with van der Waals surface area (Å²) in [5, 5.41) is 3.18. The SMILES string of the molecule is CN(C)c1ccc(N(Cc2csc(N3CCCCC3)n2)C(=O)C(C)(C)C)cc1. The third-order valence-electron chi connectivity index (χ3n) is 5.05. The molecule has 1 amide bonds. The number of hydrogen-bond donors (Lipinski definition) is 0. The fourth-order valence-electron chi connectivity index (χ4n) is 3.38. The number of thiazole rings is 1. The van der Waals surface area contributed by atoms with Crippen LogP contribution in [0.1, 0.15) is 45.7 Å². The number of benzene rings is 1. The molecule has 3 rings (SSSR count). The lowest BCUT2D eigenvalue weighted by Crippen LogP contribution is -2.39. The van der Waals surface area contributed by atoms with Crippen LogP contribution in [-0.4, -0.2) is 38.1 Å². The predicted molar refractivity (Wildman–Crippen MR) is 120 cm³/mol. The Hall–Kier alpha value is -2.08. The molecule has 28 heavy (non-hydrogen) atoms. The molecule has 1 aromatic heterocycles. The van der Waals surface area contributed by atoms with E-state index in [4.69, 9.17) is 4.98 Å². The predicted octanol–water partition coefficient (Wildman–Crippen LogP) is 4.78. The van der Waals surface area contributed by atoms with E-state index < -0.39 is 5.41 Å². The van der Waals surface area contributed by atoms with E-state index >= 15 is 0 Å². The zero-order chi connectivity index (χ0) is 20.3. The van der Waals surface area contributed by atoms with Gasteiger partial charge in [0.25, 0.3) is 0 Å². The molecule has 0 bridgehead atoms. The van der Waals surface area contributed by atoms with Crippen molar-refractivity contribution in [1.29, 1.82) is 0 Å². The van der Waals surface area contributed by atoms with Gasteiger partial charge in [-0.05, 0) is 43.5 Å². The van der Waals surface area contributed by atoms with Crippen LogP contribution in [0.2, 0.25) is 0 Å². The van der Waals surface area contributed by atoms with Gasteiger partial charge in [-0.3, -0.25) is 4.79 Å². The summed E-state index contributed by atoms with van der Waals surface area (Å²) in [4.78, 5) is 24.3. The standard InChI is InChI=1S/C22H32N4OS/c1-22(2,3)20(27)26(19-11-9-18(10-12-19)24(4)5)15-17-16-28-21(23-17)25-13-7-6-8-14-25/h9-12,16H,6-8,13-15H2,1-5H3. The Morgan fingerprint density at radius 1 is 1.07 bits per heavy atom. The molecule has 5 nitrogen and oxygen atoms in total. The van der Waals surface area contributed by atoms with Gasteiger partial charge in [0.2, 0.25) is 5.91 Å². The highest BCUT2D eigenvalue weighted by atomic mass is 32.1. The molecule has 1 aliphatic rings. The van der Waals surface area contributed by atoms with Crippen molar-refractivity contribution in [3.8, 4) is 0 Å². The van der Waals surface area contributed by atoms with Crippen LogP contribution in [0.4, 0.5) is 16.5 Å². The lowest BCUT2D eigenvalue weighted by Gasteiger charge is -2.29. The lowest BCUT2D eigenvalue weighted by molar-refractivity contribution is -0.125. The van der Waals surface area contributed by atoms with E-state index in [2.05, 4.69) is 27.3 Å². The Morgan fingerprint density at radius 3 is 2.25 bits per heavy atom. The van der Waals surface area contributed by atoms with Gasteiger partial charge in [0.05, 0.1) is 12.2 Å². The van der Waals surface area contributed by atoms with E-state index in [0.29, 0.717) is 6.54 Å². The van der Waals surface area contributed by atoms with Crippen molar-refractivity contribution >= 4 is 33.8 Å². The van der Waals surface area contributed by atoms with E-state index in [1.54, 1.807) is 11.3 Å². The highest BCUT2D eigenvalue weighted by molar-refractivity contribution is 7.13. The van der Waals surface area contributed by atoms with Gasteiger partial charge in [-0.15, -0.1) is 11.3 Å². The molecular formula is C22H32N4OS. The van der Waals surface area contributed by atoms with Gasteiger partial charge in [0.1, 0.15) is 0 Å². The van der Waals surface area contributed by atoms with Crippen LogP contribution in [0.25, 0.3) is 0 Å². The molecule has 0 atom stereocenters. The van der Waals surface area contributed by atoms with Crippen LogP contribution in [0, 0.1) is 5.41 Å². The van der Waals surface area contributed by atoms with Crippen LogP contribution in [0.3, 0.4) is 0 Å². The first-order valence-corrected chi connectivity index (χ1v) is 10.9. The molecule has 1 fully saturated rings. The summed E-state index contributed by atoms with van der Waals surface area (Å²) < 4.78 is 0. The summed E-state index contributed by atoms with van der Waals surface area (Å²) >= 11 is 1.69. The van der Waals surface area contributed by atoms with E-state index in [9.17, 15) is 4.79 Å². The van der Waals surface area contributed by atoms with E-state index in [1.807, 2.05) is 51.9 Å². The summed E-state index contributed by atoms with van der Waals surface area (Å²) in [6.45, 7) is 8.58. The first-order valence-electron chi connectivity index (χ1n) is 10.0. The second kappa shape index (κ2) is 8.52. The molecule has 0 N–H and O–H groups in total. The van der Waals surface area contributed by atoms with Gasteiger partial charge in [-0.1, -0.05) is 20.8 Å². The Labute approximate surface area is 173 Å². The molecule has 0 unspecified atom stereocenters. The maximum atomic E-state index is 13.2. The smallest absolute Gasteiger partial charge is 0.232 e. The minimum Gasteiger partial charge on any atom is -0.378 e. The van der Waals surface area contributed by atoms with E-state index in [-0.39, 0.29) is 5.91 Å². The number of piperidine rings is 1. The van der Waals surface area contributed by atoms with Gasteiger partial charge in [0.15, 0.2) is 5.13 Å². The average Bonchev–Trinajstić information content (AvgIpc) is 3.14. The molecule has 152 valence electrons. The molecule has 0 aliphatic carbocycles. The second-order valence-corrected chi connectivity index (χ2v) is 9.56. The minimum atomic E-state index is -0.452. The zero-order valence-corrected chi connectivity index (χ0v) is 18.6. The number of nitrogens with zero attached hydrogens (tertiary/aromatic N) is 4. The minimum absolute atomic E-state index is 0.109. The van der Waals surface area contributed by atoms with Gasteiger partial charge >= 0.3 is 0 Å². The Balaban J connectivity index is 1.83. The van der Waals surface area contributed by atoms with E-state index in [0.717, 1.165) is 35.3 Å². The number of aromatic nitrogens is 1. The summed E-state index contributed by atoms with van der Waals surface area (Å²) in [5.74, 6) is 0.109. The monoisotopic (exact) mass is 400 g/mol. The Bertz CT molecular complexity index is 786. The van der Waals surface area contributed by atoms with Crippen LogP contribution < -0.4 is 14.7 Å². The number of carbonyl (C=O) groups excluding carboxylic acids is 1. The number of anilines is 3. The third kappa shape index (κ3) is 4.85. The van der Waals surface area contributed by atoms with Gasteiger partial charge in [0, 0.05) is 49.4 Å². The molecule has 6 heteroatoms. The van der Waals surface area contributed by atoms with Crippen LogP contribution >= 0.6 is 11.3 Å². The quantitative estimate of drug-likeness (QED) is 0.724. The fraction of sp³-hybridized carbons (Fsp3) is 0.545. The van der Waals surface area contributed by atoms with Crippen molar-refractivity contribution in [2.75, 3.05) is 41.9 Å². The molecule has 1 aliphatic heterocycles. The van der Waals surface area contributed by atoms with Crippen molar-refractivity contribution in [3.63, 3.8) is 0 Å². The van der Waals surface area contributed by atoms with Gasteiger partial charge < -0.3 is 14.7 Å². The maximum Gasteiger partial charge on any atom is 0.232 e. The number of rotatable bonds is 5. The van der Waals surface area contributed by atoms with Crippen molar-refractivity contribution < 1.29 is 4.79 Å². The molecule has 1 saturated heterocycles. The largest absolute Gasteiger partial charge is 0.378 e. The highest BCUT2D eigenvalue weighted by Gasteiger charge is 2.29.